The zero-order valence-electron chi connectivity index (χ0n) is 15.6. The molecule has 2 nitrogen and oxygen atoms in total. The second kappa shape index (κ2) is 7.21. The van der Waals surface area contributed by atoms with Crippen molar-refractivity contribution in [3.63, 3.8) is 0 Å². The monoisotopic (exact) mass is 334 g/mol. The molecular formula is C23H30N2. The Morgan fingerprint density at radius 1 is 0.760 bits per heavy atom. The van der Waals surface area contributed by atoms with E-state index in [1.807, 2.05) is 0 Å². The number of unbranched alkanes of at least 4 members (excludes halogenated alkanes) is 1. The standard InChI is InChI=1S/C23H30N2/c1-18-15-19(2)17-24(16-18)13-7-8-14-25-22-11-5-3-9-20(22)21-10-4-6-12-23(21)25/h3-6,9-12,18-19H,7-8,13-17H2,1-2H3. The lowest BCUT2D eigenvalue weighted by molar-refractivity contribution is 0.138. The fraction of sp³-hybridized carbons (Fsp3) is 0.478. The first kappa shape index (κ1) is 16.7. The number of fused-ring (bicyclic) bond motifs is 3. The molecule has 1 aliphatic heterocycles. The summed E-state index contributed by atoms with van der Waals surface area (Å²) in [6.45, 7) is 9.76. The van der Waals surface area contributed by atoms with Gasteiger partial charge in [-0.15, -0.1) is 0 Å². The van der Waals surface area contributed by atoms with Crippen LogP contribution in [0, 0.1) is 11.8 Å². The fourth-order valence-electron chi connectivity index (χ4n) is 4.82. The zero-order chi connectivity index (χ0) is 17.2. The second-order valence-corrected chi connectivity index (χ2v) is 8.10. The van der Waals surface area contributed by atoms with Crippen LogP contribution in [0.2, 0.25) is 0 Å². The highest BCUT2D eigenvalue weighted by Gasteiger charge is 2.21. The molecule has 132 valence electrons. The van der Waals surface area contributed by atoms with E-state index in [2.05, 4.69) is 71.8 Å². The highest BCUT2D eigenvalue weighted by atomic mass is 15.1. The molecule has 0 spiro atoms. The lowest BCUT2D eigenvalue weighted by atomic mass is 9.92. The molecule has 0 aliphatic carbocycles. The molecule has 0 radical (unpaired) electrons. The molecule has 2 heterocycles. The molecule has 2 unspecified atom stereocenters. The maximum atomic E-state index is 2.69. The van der Waals surface area contributed by atoms with Crippen LogP contribution in [-0.4, -0.2) is 29.1 Å². The van der Waals surface area contributed by atoms with Crippen molar-refractivity contribution in [2.75, 3.05) is 19.6 Å². The second-order valence-electron chi connectivity index (χ2n) is 8.10. The van der Waals surface area contributed by atoms with Gasteiger partial charge in [0.25, 0.3) is 0 Å². The van der Waals surface area contributed by atoms with E-state index in [0.717, 1.165) is 18.4 Å². The van der Waals surface area contributed by atoms with Gasteiger partial charge in [0.05, 0.1) is 0 Å². The van der Waals surface area contributed by atoms with Crippen molar-refractivity contribution in [3.05, 3.63) is 48.5 Å². The van der Waals surface area contributed by atoms with Gasteiger partial charge >= 0.3 is 0 Å². The van der Waals surface area contributed by atoms with Crippen molar-refractivity contribution >= 4 is 21.8 Å². The first-order valence-corrected chi connectivity index (χ1v) is 9.90. The molecule has 3 aromatic rings. The van der Waals surface area contributed by atoms with Crippen molar-refractivity contribution in [2.45, 2.75) is 39.7 Å². The summed E-state index contributed by atoms with van der Waals surface area (Å²) in [5, 5.41) is 2.77. The smallest absolute Gasteiger partial charge is 0.0491 e. The van der Waals surface area contributed by atoms with E-state index in [4.69, 9.17) is 0 Å². The first-order valence-electron chi connectivity index (χ1n) is 9.90. The van der Waals surface area contributed by atoms with E-state index in [9.17, 15) is 0 Å². The van der Waals surface area contributed by atoms with Gasteiger partial charge in [-0.25, -0.2) is 0 Å². The summed E-state index contributed by atoms with van der Waals surface area (Å²) in [6.07, 6.45) is 3.94. The maximum absolute atomic E-state index is 2.69. The van der Waals surface area contributed by atoms with E-state index in [1.54, 1.807) is 0 Å². The first-order chi connectivity index (χ1) is 12.2. The molecule has 1 aromatic heterocycles. The molecule has 25 heavy (non-hydrogen) atoms. The SMILES string of the molecule is CC1CC(C)CN(CCCCn2c3ccccc3c3ccccc32)C1. The third kappa shape index (κ3) is 3.46. The minimum atomic E-state index is 0.862. The third-order valence-electron chi connectivity index (χ3n) is 5.73. The molecule has 1 saturated heterocycles. The average molecular weight is 335 g/mol. The third-order valence-corrected chi connectivity index (χ3v) is 5.73. The predicted molar refractivity (Wildman–Crippen MR) is 108 cm³/mol. The van der Waals surface area contributed by atoms with Crippen LogP contribution in [0.25, 0.3) is 21.8 Å². The minimum absolute atomic E-state index is 0.862. The Morgan fingerprint density at radius 2 is 1.28 bits per heavy atom. The Kier molecular flexibility index (Phi) is 4.80. The Hall–Kier alpha value is -1.80. The predicted octanol–water partition coefficient (Wildman–Crippen LogP) is 5.55. The number of benzene rings is 2. The van der Waals surface area contributed by atoms with Crippen molar-refractivity contribution in [1.82, 2.24) is 9.47 Å². The van der Waals surface area contributed by atoms with E-state index >= 15 is 0 Å². The molecule has 0 amide bonds. The van der Waals surface area contributed by atoms with Crippen LogP contribution in [0.3, 0.4) is 0 Å². The number of rotatable bonds is 5. The number of hydrogen-bond acceptors (Lipinski definition) is 1. The molecule has 2 atom stereocenters. The van der Waals surface area contributed by atoms with Gasteiger partial charge in [-0.1, -0.05) is 50.2 Å². The van der Waals surface area contributed by atoms with Gasteiger partial charge in [0.15, 0.2) is 0 Å². The molecule has 1 aliphatic rings. The Bertz CT molecular complexity index is 784. The normalized spacial score (nSPS) is 22.0. The van der Waals surface area contributed by atoms with Crippen molar-refractivity contribution in [2.24, 2.45) is 11.8 Å². The molecule has 2 aromatic carbocycles. The number of hydrogen-bond donors (Lipinski definition) is 0. The molecule has 0 N–H and O–H groups in total. The van der Waals surface area contributed by atoms with Crippen molar-refractivity contribution in [3.8, 4) is 0 Å². The van der Waals surface area contributed by atoms with E-state index in [1.165, 1.54) is 60.7 Å². The van der Waals surface area contributed by atoms with Crippen LogP contribution >= 0.6 is 0 Å². The Morgan fingerprint density at radius 3 is 1.88 bits per heavy atom. The maximum Gasteiger partial charge on any atom is 0.0491 e. The summed E-state index contributed by atoms with van der Waals surface area (Å²) in [4.78, 5) is 2.69. The molecule has 0 bridgehead atoms. The number of aryl methyl sites for hydroxylation is 1. The number of piperidine rings is 1. The number of nitrogens with zero attached hydrogens (tertiary/aromatic N) is 2. The molecular weight excluding hydrogens is 304 g/mol. The Balaban J connectivity index is 1.44. The van der Waals surface area contributed by atoms with Crippen LogP contribution in [-0.2, 0) is 6.54 Å². The van der Waals surface area contributed by atoms with Crippen LogP contribution in [0.4, 0.5) is 0 Å². The molecule has 0 saturated carbocycles. The highest BCUT2D eigenvalue weighted by Crippen LogP contribution is 2.29. The van der Waals surface area contributed by atoms with Gasteiger partial charge < -0.3 is 9.47 Å². The van der Waals surface area contributed by atoms with Gasteiger partial charge in [-0.3, -0.25) is 0 Å². The molecule has 2 heteroatoms. The van der Waals surface area contributed by atoms with Crippen LogP contribution in [0.1, 0.15) is 33.1 Å². The number of para-hydroxylation sites is 2. The lowest BCUT2D eigenvalue weighted by Gasteiger charge is -2.35. The topological polar surface area (TPSA) is 8.17 Å². The summed E-state index contributed by atoms with van der Waals surface area (Å²) >= 11 is 0. The summed E-state index contributed by atoms with van der Waals surface area (Å²) in [6, 6.07) is 17.7. The summed E-state index contributed by atoms with van der Waals surface area (Å²) in [7, 11) is 0. The average Bonchev–Trinajstić information content (AvgIpc) is 2.92. The summed E-state index contributed by atoms with van der Waals surface area (Å²) in [5.41, 5.74) is 2.76. The van der Waals surface area contributed by atoms with Crippen LogP contribution in [0.5, 0.6) is 0 Å². The van der Waals surface area contributed by atoms with E-state index in [-0.39, 0.29) is 0 Å². The van der Waals surface area contributed by atoms with Crippen molar-refractivity contribution < 1.29 is 0 Å². The molecule has 1 fully saturated rings. The highest BCUT2D eigenvalue weighted by molar-refractivity contribution is 6.07. The quantitative estimate of drug-likeness (QED) is 0.555. The number of likely N-dealkylation sites (tertiary alicyclic amines) is 1. The zero-order valence-corrected chi connectivity index (χ0v) is 15.6. The fourth-order valence-corrected chi connectivity index (χ4v) is 4.82. The molecule has 4 rings (SSSR count). The van der Waals surface area contributed by atoms with Crippen molar-refractivity contribution in [1.29, 1.82) is 0 Å². The van der Waals surface area contributed by atoms with Gasteiger partial charge in [-0.05, 0) is 49.8 Å². The summed E-state index contributed by atoms with van der Waals surface area (Å²) in [5.74, 6) is 1.72. The largest absolute Gasteiger partial charge is 0.340 e. The van der Waals surface area contributed by atoms with Gasteiger partial charge in [0.1, 0.15) is 0 Å². The summed E-state index contributed by atoms with van der Waals surface area (Å²) < 4.78 is 2.52. The van der Waals surface area contributed by atoms with Crippen LogP contribution in [0.15, 0.2) is 48.5 Å². The van der Waals surface area contributed by atoms with Gasteiger partial charge in [-0.2, -0.15) is 0 Å². The lowest BCUT2D eigenvalue weighted by Crippen LogP contribution is -2.39. The Labute approximate surface area is 151 Å². The van der Waals surface area contributed by atoms with Gasteiger partial charge in [0, 0.05) is 41.4 Å². The van der Waals surface area contributed by atoms with Gasteiger partial charge in [0.2, 0.25) is 0 Å². The minimum Gasteiger partial charge on any atom is -0.340 e. The van der Waals surface area contributed by atoms with E-state index < -0.39 is 0 Å². The number of aromatic nitrogens is 1. The van der Waals surface area contributed by atoms with E-state index in [0.29, 0.717) is 0 Å². The van der Waals surface area contributed by atoms with Crippen LogP contribution < -0.4 is 0 Å².